The number of nitrogens with two attached hydrogens (primary N) is 1. The Kier molecular flexibility index (Phi) is 2.14. The second-order valence-corrected chi connectivity index (χ2v) is 3.99. The summed E-state index contributed by atoms with van der Waals surface area (Å²) in [4.78, 5) is 0. The van der Waals surface area contributed by atoms with Gasteiger partial charge in [-0.1, -0.05) is 12.8 Å². The lowest BCUT2D eigenvalue weighted by atomic mass is 9.79. The van der Waals surface area contributed by atoms with Gasteiger partial charge in [0, 0.05) is 12.6 Å². The highest BCUT2D eigenvalue weighted by Gasteiger charge is 2.31. The molecule has 2 rings (SSSR count). The molecule has 11 heavy (non-hydrogen) atoms. The number of rotatable bonds is 0. The molecule has 2 nitrogen and oxygen atoms in total. The van der Waals surface area contributed by atoms with Crippen LogP contribution in [0, 0.1) is 5.92 Å². The first-order valence-electron chi connectivity index (χ1n) is 4.89. The van der Waals surface area contributed by atoms with Crippen LogP contribution < -0.4 is 5.84 Å². The molecule has 0 aromatic heterocycles. The van der Waals surface area contributed by atoms with E-state index in [2.05, 4.69) is 5.01 Å². The van der Waals surface area contributed by atoms with Crippen molar-refractivity contribution in [3.63, 3.8) is 0 Å². The largest absolute Gasteiger partial charge is 0.269 e. The molecular formula is C9H18N2. The van der Waals surface area contributed by atoms with E-state index < -0.39 is 0 Å². The molecule has 0 bridgehead atoms. The van der Waals surface area contributed by atoms with Crippen molar-refractivity contribution < 1.29 is 0 Å². The van der Waals surface area contributed by atoms with E-state index in [1.165, 1.54) is 38.5 Å². The molecule has 0 aromatic carbocycles. The highest BCUT2D eigenvalue weighted by atomic mass is 15.4. The highest BCUT2D eigenvalue weighted by Crippen LogP contribution is 2.33. The molecule has 2 aliphatic rings. The van der Waals surface area contributed by atoms with Gasteiger partial charge in [0.25, 0.3) is 0 Å². The number of hydrogen-bond acceptors (Lipinski definition) is 2. The molecule has 2 atom stereocenters. The highest BCUT2D eigenvalue weighted by molar-refractivity contribution is 4.84. The van der Waals surface area contributed by atoms with Crippen LogP contribution in [0.5, 0.6) is 0 Å². The molecule has 0 amide bonds. The molecule has 1 saturated heterocycles. The maximum atomic E-state index is 5.92. The minimum atomic E-state index is 0.734. The van der Waals surface area contributed by atoms with Crippen molar-refractivity contribution in [2.45, 2.75) is 44.6 Å². The Balaban J connectivity index is 1.99. The summed E-state index contributed by atoms with van der Waals surface area (Å²) in [6.45, 7) is 1.13. The zero-order valence-electron chi connectivity index (χ0n) is 7.13. The van der Waals surface area contributed by atoms with Crippen LogP contribution in [0.15, 0.2) is 0 Å². The second-order valence-electron chi connectivity index (χ2n) is 3.99. The van der Waals surface area contributed by atoms with E-state index in [1.807, 2.05) is 0 Å². The van der Waals surface area contributed by atoms with Crippen LogP contribution in [0.3, 0.4) is 0 Å². The molecular weight excluding hydrogens is 136 g/mol. The third kappa shape index (κ3) is 1.42. The summed E-state index contributed by atoms with van der Waals surface area (Å²) in [5, 5.41) is 2.09. The minimum absolute atomic E-state index is 0.734. The first-order chi connectivity index (χ1) is 5.38. The quantitative estimate of drug-likeness (QED) is 0.536. The van der Waals surface area contributed by atoms with Crippen molar-refractivity contribution in [2.75, 3.05) is 6.54 Å². The van der Waals surface area contributed by atoms with Crippen LogP contribution in [0.25, 0.3) is 0 Å². The maximum Gasteiger partial charge on any atom is 0.0269 e. The Labute approximate surface area is 68.7 Å². The first kappa shape index (κ1) is 7.56. The minimum Gasteiger partial charge on any atom is -0.269 e. The Hall–Kier alpha value is -0.0800. The van der Waals surface area contributed by atoms with Crippen LogP contribution in [0.1, 0.15) is 38.5 Å². The molecule has 64 valence electrons. The summed E-state index contributed by atoms with van der Waals surface area (Å²) in [7, 11) is 0. The third-order valence-corrected chi connectivity index (χ3v) is 3.29. The summed E-state index contributed by atoms with van der Waals surface area (Å²) in [5.41, 5.74) is 0. The van der Waals surface area contributed by atoms with E-state index in [4.69, 9.17) is 5.84 Å². The number of hydrogen-bond donors (Lipinski definition) is 1. The summed E-state index contributed by atoms with van der Waals surface area (Å²) >= 11 is 0. The topological polar surface area (TPSA) is 29.3 Å². The molecule has 0 radical (unpaired) electrons. The second kappa shape index (κ2) is 3.11. The smallest absolute Gasteiger partial charge is 0.0269 e. The average molecular weight is 154 g/mol. The lowest BCUT2D eigenvalue weighted by Crippen LogP contribution is -2.50. The fraction of sp³-hybridized carbons (Fsp3) is 1.00. The maximum absolute atomic E-state index is 5.92. The normalized spacial score (nSPS) is 40.1. The number of hydrazine groups is 1. The Morgan fingerprint density at radius 3 is 2.55 bits per heavy atom. The molecule has 0 aromatic rings. The van der Waals surface area contributed by atoms with Gasteiger partial charge in [-0.05, 0) is 31.6 Å². The van der Waals surface area contributed by atoms with Crippen LogP contribution in [-0.2, 0) is 0 Å². The van der Waals surface area contributed by atoms with Crippen LogP contribution >= 0.6 is 0 Å². The van der Waals surface area contributed by atoms with Crippen molar-refractivity contribution in [1.82, 2.24) is 5.01 Å². The van der Waals surface area contributed by atoms with E-state index in [-0.39, 0.29) is 0 Å². The van der Waals surface area contributed by atoms with Gasteiger partial charge in [0.05, 0.1) is 0 Å². The van der Waals surface area contributed by atoms with E-state index in [0.717, 1.165) is 18.5 Å². The Morgan fingerprint density at radius 1 is 1.00 bits per heavy atom. The van der Waals surface area contributed by atoms with Crippen molar-refractivity contribution in [2.24, 2.45) is 11.8 Å². The zero-order chi connectivity index (χ0) is 7.68. The van der Waals surface area contributed by atoms with Gasteiger partial charge in [-0.15, -0.1) is 0 Å². The van der Waals surface area contributed by atoms with E-state index in [9.17, 15) is 0 Å². The SMILES string of the molecule is NN1CCC[C@@H]2CCCC[C@H]21. The van der Waals surface area contributed by atoms with Gasteiger partial charge in [0.15, 0.2) is 0 Å². The van der Waals surface area contributed by atoms with Gasteiger partial charge in [-0.25, -0.2) is 5.01 Å². The standard InChI is InChI=1S/C9H18N2/c10-11-7-3-5-8-4-1-2-6-9(8)11/h8-9H,1-7,10H2/t8-,9+/m0/s1. The molecule has 1 heterocycles. The monoisotopic (exact) mass is 154 g/mol. The third-order valence-electron chi connectivity index (χ3n) is 3.29. The van der Waals surface area contributed by atoms with Gasteiger partial charge in [0.2, 0.25) is 0 Å². The zero-order valence-corrected chi connectivity index (χ0v) is 7.13. The Morgan fingerprint density at radius 2 is 1.73 bits per heavy atom. The lowest BCUT2D eigenvalue weighted by molar-refractivity contribution is 0.0612. The summed E-state index contributed by atoms with van der Waals surface area (Å²) in [6, 6.07) is 0.734. The summed E-state index contributed by atoms with van der Waals surface area (Å²) < 4.78 is 0. The van der Waals surface area contributed by atoms with Crippen molar-refractivity contribution in [1.29, 1.82) is 0 Å². The van der Waals surface area contributed by atoms with E-state index >= 15 is 0 Å². The molecule has 1 aliphatic carbocycles. The first-order valence-corrected chi connectivity index (χ1v) is 4.89. The van der Waals surface area contributed by atoms with E-state index in [1.54, 1.807) is 0 Å². The molecule has 0 unspecified atom stereocenters. The molecule has 1 aliphatic heterocycles. The average Bonchev–Trinajstić information content (AvgIpc) is 2.06. The van der Waals surface area contributed by atoms with Gasteiger partial charge in [0.1, 0.15) is 0 Å². The predicted molar refractivity (Wildman–Crippen MR) is 45.9 cm³/mol. The number of nitrogens with zero attached hydrogens (tertiary/aromatic N) is 1. The van der Waals surface area contributed by atoms with Crippen molar-refractivity contribution >= 4 is 0 Å². The molecule has 2 N–H and O–H groups in total. The van der Waals surface area contributed by atoms with Crippen LogP contribution in [0.2, 0.25) is 0 Å². The van der Waals surface area contributed by atoms with Gasteiger partial charge in [-0.3, -0.25) is 5.84 Å². The molecule has 0 spiro atoms. The summed E-state index contributed by atoms with van der Waals surface area (Å²) in [6.07, 6.45) is 8.36. The molecule has 2 heteroatoms. The summed E-state index contributed by atoms with van der Waals surface area (Å²) in [5.74, 6) is 6.86. The van der Waals surface area contributed by atoms with Crippen LogP contribution in [0.4, 0.5) is 0 Å². The number of fused-ring (bicyclic) bond motifs is 1. The fourth-order valence-electron chi connectivity index (χ4n) is 2.66. The number of piperidine rings is 1. The van der Waals surface area contributed by atoms with Gasteiger partial charge < -0.3 is 0 Å². The van der Waals surface area contributed by atoms with E-state index in [0.29, 0.717) is 0 Å². The fourth-order valence-corrected chi connectivity index (χ4v) is 2.66. The predicted octanol–water partition coefficient (Wildman–Crippen LogP) is 1.51. The van der Waals surface area contributed by atoms with Gasteiger partial charge >= 0.3 is 0 Å². The van der Waals surface area contributed by atoms with Crippen molar-refractivity contribution in [3.05, 3.63) is 0 Å². The molecule has 1 saturated carbocycles. The Bertz CT molecular complexity index is 134. The van der Waals surface area contributed by atoms with Crippen molar-refractivity contribution in [3.8, 4) is 0 Å². The lowest BCUT2D eigenvalue weighted by Gasteiger charge is -2.41. The van der Waals surface area contributed by atoms with Gasteiger partial charge in [-0.2, -0.15) is 0 Å². The van der Waals surface area contributed by atoms with Crippen LogP contribution in [-0.4, -0.2) is 17.6 Å². The molecule has 2 fully saturated rings.